The molecule has 2 aromatic heterocycles. The molecule has 2 unspecified atom stereocenters. The molecular formula is C19H26ClN4O7P. The van der Waals surface area contributed by atoms with E-state index in [1.807, 2.05) is 6.07 Å². The third-order valence-corrected chi connectivity index (χ3v) is 7.39. The number of hydrogen-bond acceptors (Lipinski definition) is 8. The van der Waals surface area contributed by atoms with Gasteiger partial charge >= 0.3 is 7.60 Å². The summed E-state index contributed by atoms with van der Waals surface area (Å²) in [7, 11) is -4.35. The maximum absolute atomic E-state index is 11.0. The highest BCUT2D eigenvalue weighted by Gasteiger charge is 2.45. The van der Waals surface area contributed by atoms with Crippen LogP contribution < -0.4 is 4.90 Å². The number of halogens is 1. The zero-order valence-electron chi connectivity index (χ0n) is 17.2. The molecule has 3 fully saturated rings. The van der Waals surface area contributed by atoms with E-state index in [9.17, 15) is 14.8 Å². The summed E-state index contributed by atoms with van der Waals surface area (Å²) in [6, 6.07) is 1.84. The van der Waals surface area contributed by atoms with Crippen molar-refractivity contribution < 1.29 is 34.0 Å². The summed E-state index contributed by atoms with van der Waals surface area (Å²) < 4.78 is 23.3. The lowest BCUT2D eigenvalue weighted by Crippen LogP contribution is -2.33. The standard InChI is InChI=1S/C19H26ClN4O7P/c20-19-21-16(23-6-10-2-1-3-11(10)7-23)12-4-5-24(17(12)22-19)18-15(26)14(25)13(31-18)8-30-9-32(27,28)29/h4-5,10-11,13-15,18,25-26H,1-3,6-9H2,(H2,27,28,29)/t10?,11?,13-,14-,15-,18-/m1/s1. The van der Waals surface area contributed by atoms with Gasteiger partial charge in [0.1, 0.15) is 36.1 Å². The normalized spacial score (nSPS) is 32.8. The molecule has 11 nitrogen and oxygen atoms in total. The molecule has 1 saturated carbocycles. The van der Waals surface area contributed by atoms with Crippen LogP contribution in [0.2, 0.25) is 5.28 Å². The third kappa shape index (κ3) is 4.17. The predicted octanol–water partition coefficient (Wildman–Crippen LogP) is 1.09. The molecule has 13 heteroatoms. The Morgan fingerprint density at radius 2 is 1.91 bits per heavy atom. The van der Waals surface area contributed by atoms with E-state index in [2.05, 4.69) is 14.9 Å². The number of rotatable bonds is 6. The summed E-state index contributed by atoms with van der Waals surface area (Å²) >= 11 is 6.25. The molecule has 4 heterocycles. The van der Waals surface area contributed by atoms with Gasteiger partial charge in [0, 0.05) is 19.3 Å². The van der Waals surface area contributed by atoms with Crippen LogP contribution in [0.5, 0.6) is 0 Å². The van der Waals surface area contributed by atoms with Crippen LogP contribution in [-0.4, -0.2) is 78.9 Å². The fraction of sp³-hybridized carbons (Fsp3) is 0.684. The maximum atomic E-state index is 11.0. The molecule has 0 bridgehead atoms. The van der Waals surface area contributed by atoms with E-state index in [0.717, 1.165) is 24.3 Å². The molecule has 2 saturated heterocycles. The van der Waals surface area contributed by atoms with Crippen molar-refractivity contribution in [2.24, 2.45) is 11.8 Å². The smallest absolute Gasteiger partial charge is 0.350 e. The van der Waals surface area contributed by atoms with E-state index in [1.54, 1.807) is 10.8 Å². The highest BCUT2D eigenvalue weighted by molar-refractivity contribution is 7.51. The second-order valence-corrected chi connectivity index (χ2v) is 10.8. The number of fused-ring (bicyclic) bond motifs is 2. The van der Waals surface area contributed by atoms with Gasteiger partial charge in [-0.2, -0.15) is 9.97 Å². The molecule has 1 aliphatic carbocycles. The van der Waals surface area contributed by atoms with E-state index >= 15 is 0 Å². The van der Waals surface area contributed by atoms with E-state index in [4.69, 9.17) is 30.9 Å². The summed E-state index contributed by atoms with van der Waals surface area (Å²) in [6.45, 7) is 1.58. The molecule has 0 amide bonds. The second-order valence-electron chi connectivity index (χ2n) is 8.84. The van der Waals surface area contributed by atoms with Crippen LogP contribution >= 0.6 is 19.2 Å². The first-order valence-electron chi connectivity index (χ1n) is 10.6. The van der Waals surface area contributed by atoms with Crippen molar-refractivity contribution in [1.29, 1.82) is 0 Å². The first kappa shape index (κ1) is 22.5. The van der Waals surface area contributed by atoms with Crippen LogP contribution in [0.25, 0.3) is 11.0 Å². The van der Waals surface area contributed by atoms with E-state index < -0.39 is 38.5 Å². The molecule has 0 radical (unpaired) electrons. The van der Waals surface area contributed by atoms with Crippen LogP contribution in [0, 0.1) is 11.8 Å². The molecule has 4 N–H and O–H groups in total. The van der Waals surface area contributed by atoms with Crippen LogP contribution in [0.15, 0.2) is 12.3 Å². The van der Waals surface area contributed by atoms with Gasteiger partial charge in [-0.05, 0) is 42.3 Å². The quantitative estimate of drug-likeness (QED) is 0.343. The largest absolute Gasteiger partial charge is 0.387 e. The minimum atomic E-state index is -4.35. The Labute approximate surface area is 189 Å². The van der Waals surface area contributed by atoms with Gasteiger partial charge in [-0.15, -0.1) is 0 Å². The van der Waals surface area contributed by atoms with Crippen molar-refractivity contribution in [2.45, 2.75) is 43.8 Å². The number of hydrogen-bond donors (Lipinski definition) is 4. The van der Waals surface area contributed by atoms with Crippen LogP contribution in [-0.2, 0) is 14.0 Å². The Morgan fingerprint density at radius 3 is 2.59 bits per heavy atom. The summed E-state index contributed by atoms with van der Waals surface area (Å²) in [4.78, 5) is 28.9. The zero-order chi connectivity index (χ0) is 22.6. The van der Waals surface area contributed by atoms with Gasteiger partial charge in [-0.3, -0.25) is 4.57 Å². The molecule has 32 heavy (non-hydrogen) atoms. The van der Waals surface area contributed by atoms with E-state index in [0.29, 0.717) is 17.5 Å². The number of aromatic nitrogens is 3. The van der Waals surface area contributed by atoms with Gasteiger partial charge in [-0.1, -0.05) is 6.42 Å². The SMILES string of the molecule is O=P(O)(O)COC[C@H]1O[C@@H](n2ccc3c(N4CC5CCCC5C4)nc(Cl)nc32)[C@H](O)[C@@H]1O. The molecule has 6 atom stereocenters. The van der Waals surface area contributed by atoms with Crippen molar-refractivity contribution in [2.75, 3.05) is 30.9 Å². The van der Waals surface area contributed by atoms with Gasteiger partial charge < -0.3 is 38.9 Å². The van der Waals surface area contributed by atoms with E-state index in [1.165, 1.54) is 19.3 Å². The van der Waals surface area contributed by atoms with Crippen molar-refractivity contribution in [3.63, 3.8) is 0 Å². The van der Waals surface area contributed by atoms with Gasteiger partial charge in [0.05, 0.1) is 12.0 Å². The molecule has 0 aromatic carbocycles. The van der Waals surface area contributed by atoms with Crippen LogP contribution in [0.4, 0.5) is 5.82 Å². The summed E-state index contributed by atoms with van der Waals surface area (Å²) in [5, 5.41) is 21.8. The number of anilines is 1. The Morgan fingerprint density at radius 1 is 1.19 bits per heavy atom. The molecule has 3 aliphatic rings. The van der Waals surface area contributed by atoms with E-state index in [-0.39, 0.29) is 11.9 Å². The molecule has 176 valence electrons. The topological polar surface area (TPSA) is 150 Å². The Hall–Kier alpha value is -1.30. The Bertz CT molecular complexity index is 1040. The van der Waals surface area contributed by atoms with Gasteiger partial charge in [0.2, 0.25) is 5.28 Å². The average Bonchev–Trinajstić information content (AvgIpc) is 3.46. The van der Waals surface area contributed by atoms with Gasteiger partial charge in [-0.25, -0.2) is 0 Å². The predicted molar refractivity (Wildman–Crippen MR) is 114 cm³/mol. The molecule has 0 spiro atoms. The monoisotopic (exact) mass is 488 g/mol. The summed E-state index contributed by atoms with van der Waals surface area (Å²) in [6.07, 6.45) is 0.119. The highest BCUT2D eigenvalue weighted by Crippen LogP contribution is 2.42. The summed E-state index contributed by atoms with van der Waals surface area (Å²) in [5.74, 6) is 2.09. The average molecular weight is 489 g/mol. The fourth-order valence-electron chi connectivity index (χ4n) is 5.23. The molecule has 2 aromatic rings. The lowest BCUT2D eigenvalue weighted by Gasteiger charge is -2.21. The molecular weight excluding hydrogens is 463 g/mol. The number of nitrogens with zero attached hydrogens (tertiary/aromatic N) is 4. The minimum Gasteiger partial charge on any atom is -0.387 e. The lowest BCUT2D eigenvalue weighted by molar-refractivity contribution is -0.0610. The van der Waals surface area contributed by atoms with Crippen LogP contribution in [0.3, 0.4) is 0 Å². The van der Waals surface area contributed by atoms with Gasteiger partial charge in [0.25, 0.3) is 0 Å². The highest BCUT2D eigenvalue weighted by atomic mass is 35.5. The van der Waals surface area contributed by atoms with Crippen LogP contribution in [0.1, 0.15) is 25.5 Å². The number of aliphatic hydroxyl groups excluding tert-OH is 2. The van der Waals surface area contributed by atoms with Crippen molar-refractivity contribution in [3.8, 4) is 0 Å². The first-order chi connectivity index (χ1) is 15.2. The maximum Gasteiger partial charge on any atom is 0.350 e. The lowest BCUT2D eigenvalue weighted by atomic mass is 10.0. The van der Waals surface area contributed by atoms with Gasteiger partial charge in [0.15, 0.2) is 6.23 Å². The first-order valence-corrected chi connectivity index (χ1v) is 12.8. The second kappa shape index (κ2) is 8.48. The third-order valence-electron chi connectivity index (χ3n) is 6.70. The molecule has 2 aliphatic heterocycles. The summed E-state index contributed by atoms with van der Waals surface area (Å²) in [5.41, 5.74) is 0.477. The number of aliphatic hydroxyl groups is 2. The number of ether oxygens (including phenoxy) is 2. The zero-order valence-corrected chi connectivity index (χ0v) is 18.8. The Balaban J connectivity index is 1.39. The molecule has 5 rings (SSSR count). The van der Waals surface area contributed by atoms with Crippen molar-refractivity contribution >= 4 is 36.0 Å². The van der Waals surface area contributed by atoms with Crippen molar-refractivity contribution in [1.82, 2.24) is 14.5 Å². The Kier molecular flexibility index (Phi) is 5.96. The minimum absolute atomic E-state index is 0.0825. The van der Waals surface area contributed by atoms with Crippen molar-refractivity contribution in [3.05, 3.63) is 17.5 Å². The fourth-order valence-corrected chi connectivity index (χ4v) is 5.73.